The Morgan fingerprint density at radius 3 is 2.22 bits per heavy atom. The summed E-state index contributed by atoms with van der Waals surface area (Å²) in [5, 5.41) is 3.10. The first-order valence-electron chi connectivity index (χ1n) is 7.81. The number of nitrogens with zero attached hydrogens (tertiary/aromatic N) is 1. The first-order valence-corrected chi connectivity index (χ1v) is 7.81. The summed E-state index contributed by atoms with van der Waals surface area (Å²) < 4.78 is 0. The van der Waals surface area contributed by atoms with Crippen LogP contribution in [0, 0.1) is 28.6 Å². The van der Waals surface area contributed by atoms with Gasteiger partial charge in [-0.15, -0.1) is 0 Å². The van der Waals surface area contributed by atoms with E-state index in [-0.39, 0.29) is 0 Å². The van der Waals surface area contributed by atoms with Crippen LogP contribution in [0.4, 0.5) is 0 Å². The van der Waals surface area contributed by atoms with Crippen molar-refractivity contribution in [2.45, 2.75) is 57.8 Å². The lowest BCUT2D eigenvalue weighted by Crippen LogP contribution is -2.25. The zero-order valence-corrected chi connectivity index (χ0v) is 11.5. The number of rotatable bonds is 5. The van der Waals surface area contributed by atoms with E-state index in [1.54, 1.807) is 0 Å². The second-order valence-electron chi connectivity index (χ2n) is 6.57. The summed E-state index contributed by atoms with van der Waals surface area (Å²) in [7, 11) is 0. The van der Waals surface area contributed by atoms with Gasteiger partial charge in [0.05, 0.1) is 6.54 Å². The molecule has 0 aromatic heterocycles. The summed E-state index contributed by atoms with van der Waals surface area (Å²) in [6.45, 7) is 1.43. The highest BCUT2D eigenvalue weighted by Gasteiger charge is 2.27. The van der Waals surface area contributed by atoms with E-state index in [1.165, 1.54) is 57.8 Å². The van der Waals surface area contributed by atoms with Crippen molar-refractivity contribution >= 4 is 0 Å². The third kappa shape index (κ3) is 4.04. The van der Waals surface area contributed by atoms with Gasteiger partial charge in [0.25, 0.3) is 0 Å². The van der Waals surface area contributed by atoms with Gasteiger partial charge in [0, 0.05) is 0 Å². The molecule has 0 bridgehead atoms. The first-order chi connectivity index (χ1) is 8.81. The van der Waals surface area contributed by atoms with Gasteiger partial charge in [-0.2, -0.15) is 4.91 Å². The van der Waals surface area contributed by atoms with Crippen molar-refractivity contribution in [1.29, 1.82) is 0 Å². The van der Waals surface area contributed by atoms with E-state index in [4.69, 9.17) is 5.73 Å². The van der Waals surface area contributed by atoms with Crippen LogP contribution in [-0.2, 0) is 0 Å². The molecule has 18 heavy (non-hydrogen) atoms. The monoisotopic (exact) mass is 252 g/mol. The highest BCUT2D eigenvalue weighted by Crippen LogP contribution is 2.38. The SMILES string of the molecule is NCC1CCC(CC2CCCC(CN=O)C2)CC1. The van der Waals surface area contributed by atoms with Crippen LogP contribution in [0.5, 0.6) is 0 Å². The Morgan fingerprint density at radius 2 is 1.56 bits per heavy atom. The molecule has 2 aliphatic carbocycles. The average Bonchev–Trinajstić information content (AvgIpc) is 2.40. The Balaban J connectivity index is 1.71. The maximum atomic E-state index is 10.4. The fraction of sp³-hybridized carbons (Fsp3) is 1.00. The first kappa shape index (κ1) is 14.0. The molecule has 0 aromatic carbocycles. The third-order valence-electron chi connectivity index (χ3n) is 5.19. The molecule has 2 saturated carbocycles. The van der Waals surface area contributed by atoms with Gasteiger partial charge < -0.3 is 5.73 Å². The molecule has 2 fully saturated rings. The van der Waals surface area contributed by atoms with E-state index in [1.807, 2.05) is 0 Å². The van der Waals surface area contributed by atoms with Crippen LogP contribution in [0.1, 0.15) is 57.8 Å². The summed E-state index contributed by atoms with van der Waals surface area (Å²) >= 11 is 0. The van der Waals surface area contributed by atoms with Crippen molar-refractivity contribution < 1.29 is 0 Å². The maximum absolute atomic E-state index is 10.4. The molecule has 0 spiro atoms. The second-order valence-corrected chi connectivity index (χ2v) is 6.57. The molecule has 104 valence electrons. The molecule has 2 atom stereocenters. The van der Waals surface area contributed by atoms with E-state index < -0.39 is 0 Å². The molecule has 0 saturated heterocycles. The molecule has 0 aliphatic heterocycles. The number of nitroso groups, excluding NO2 is 1. The van der Waals surface area contributed by atoms with Gasteiger partial charge >= 0.3 is 0 Å². The Labute approximate surface area is 111 Å². The van der Waals surface area contributed by atoms with E-state index in [0.717, 1.165) is 24.3 Å². The standard InChI is InChI=1S/C15H28N2O/c16-10-13-6-4-12(5-7-13)8-14-2-1-3-15(9-14)11-17-18/h12-15H,1-11,16H2. The van der Waals surface area contributed by atoms with Crippen LogP contribution in [0.3, 0.4) is 0 Å². The fourth-order valence-corrected chi connectivity index (χ4v) is 4.06. The summed E-state index contributed by atoms with van der Waals surface area (Å²) in [6, 6.07) is 0. The number of nitrogens with two attached hydrogens (primary N) is 1. The zero-order chi connectivity index (χ0) is 12.8. The highest BCUT2D eigenvalue weighted by molar-refractivity contribution is 4.79. The van der Waals surface area contributed by atoms with Crippen LogP contribution in [0.2, 0.25) is 0 Å². The molecule has 2 unspecified atom stereocenters. The zero-order valence-electron chi connectivity index (χ0n) is 11.5. The minimum Gasteiger partial charge on any atom is -0.330 e. The van der Waals surface area contributed by atoms with Gasteiger partial charge in [-0.05, 0) is 62.3 Å². The van der Waals surface area contributed by atoms with Crippen molar-refractivity contribution in [3.63, 3.8) is 0 Å². The van der Waals surface area contributed by atoms with Crippen LogP contribution >= 0.6 is 0 Å². The molecule has 0 amide bonds. The molecule has 0 heterocycles. The molecule has 3 heteroatoms. The van der Waals surface area contributed by atoms with Gasteiger partial charge in [0.15, 0.2) is 0 Å². The lowest BCUT2D eigenvalue weighted by Gasteiger charge is -2.33. The van der Waals surface area contributed by atoms with E-state index in [9.17, 15) is 4.91 Å². The van der Waals surface area contributed by atoms with Crippen molar-refractivity contribution in [2.24, 2.45) is 34.6 Å². The summed E-state index contributed by atoms with van der Waals surface area (Å²) in [5.74, 6) is 3.17. The highest BCUT2D eigenvalue weighted by atomic mass is 16.3. The fourth-order valence-electron chi connectivity index (χ4n) is 4.06. The third-order valence-corrected chi connectivity index (χ3v) is 5.19. The molecule has 0 radical (unpaired) electrons. The van der Waals surface area contributed by atoms with E-state index in [2.05, 4.69) is 5.18 Å². The van der Waals surface area contributed by atoms with Crippen molar-refractivity contribution in [2.75, 3.05) is 13.1 Å². The molecule has 2 N–H and O–H groups in total. The van der Waals surface area contributed by atoms with Gasteiger partial charge in [-0.3, -0.25) is 0 Å². The van der Waals surface area contributed by atoms with Gasteiger partial charge in [0.2, 0.25) is 0 Å². The Hall–Kier alpha value is -0.440. The van der Waals surface area contributed by atoms with Crippen LogP contribution in [0.15, 0.2) is 5.18 Å². The van der Waals surface area contributed by atoms with E-state index >= 15 is 0 Å². The Morgan fingerprint density at radius 1 is 0.889 bits per heavy atom. The second kappa shape index (κ2) is 7.22. The smallest absolute Gasteiger partial charge is 0.0839 e. The maximum Gasteiger partial charge on any atom is 0.0839 e. The molecule has 2 aliphatic rings. The molecular formula is C15H28N2O. The van der Waals surface area contributed by atoms with E-state index in [0.29, 0.717) is 12.5 Å². The number of hydrogen-bond donors (Lipinski definition) is 1. The predicted octanol–water partition coefficient (Wildman–Crippen LogP) is 3.71. The van der Waals surface area contributed by atoms with Crippen molar-refractivity contribution in [3.05, 3.63) is 4.91 Å². The molecule has 2 rings (SSSR count). The van der Waals surface area contributed by atoms with Gasteiger partial charge in [0.1, 0.15) is 0 Å². The Bertz CT molecular complexity index is 249. The lowest BCUT2D eigenvalue weighted by atomic mass is 9.73. The van der Waals surface area contributed by atoms with Crippen LogP contribution < -0.4 is 5.73 Å². The predicted molar refractivity (Wildman–Crippen MR) is 75.2 cm³/mol. The van der Waals surface area contributed by atoms with Crippen LogP contribution in [-0.4, -0.2) is 13.1 Å². The van der Waals surface area contributed by atoms with Crippen molar-refractivity contribution in [3.8, 4) is 0 Å². The summed E-state index contributed by atoms with van der Waals surface area (Å²) in [5.41, 5.74) is 5.74. The molecule has 0 aromatic rings. The van der Waals surface area contributed by atoms with Crippen molar-refractivity contribution in [1.82, 2.24) is 0 Å². The van der Waals surface area contributed by atoms with Crippen LogP contribution in [0.25, 0.3) is 0 Å². The van der Waals surface area contributed by atoms with Gasteiger partial charge in [-0.1, -0.05) is 30.9 Å². The Kier molecular flexibility index (Phi) is 5.61. The summed E-state index contributed by atoms with van der Waals surface area (Å²) in [6.07, 6.45) is 12.0. The molecular weight excluding hydrogens is 224 g/mol. The minimum absolute atomic E-state index is 0.552. The molecule has 3 nitrogen and oxygen atoms in total. The summed E-state index contributed by atoms with van der Waals surface area (Å²) in [4.78, 5) is 10.4. The largest absolute Gasteiger partial charge is 0.330 e. The lowest BCUT2D eigenvalue weighted by molar-refractivity contribution is 0.189. The topological polar surface area (TPSA) is 55.4 Å². The average molecular weight is 252 g/mol. The quantitative estimate of drug-likeness (QED) is 0.758. The minimum atomic E-state index is 0.552. The number of hydrogen-bond acceptors (Lipinski definition) is 3. The normalized spacial score (nSPS) is 37.4. The van der Waals surface area contributed by atoms with Gasteiger partial charge in [-0.25, -0.2) is 0 Å².